The first-order valence-corrected chi connectivity index (χ1v) is 10.6. The normalized spacial score (nSPS) is 19.7. The second-order valence-electron chi connectivity index (χ2n) is 8.36. The molecule has 2 aliphatic heterocycles. The number of hydrogen-bond acceptors (Lipinski definition) is 6. The van der Waals surface area contributed by atoms with Gasteiger partial charge in [0.25, 0.3) is 0 Å². The van der Waals surface area contributed by atoms with E-state index in [9.17, 15) is 4.39 Å². The van der Waals surface area contributed by atoms with Gasteiger partial charge in [-0.3, -0.25) is 4.99 Å². The van der Waals surface area contributed by atoms with E-state index < -0.39 is 0 Å². The van der Waals surface area contributed by atoms with Gasteiger partial charge in [0, 0.05) is 36.0 Å². The van der Waals surface area contributed by atoms with Crippen LogP contribution in [0, 0.1) is 18.7 Å². The zero-order valence-electron chi connectivity index (χ0n) is 17.7. The maximum absolute atomic E-state index is 13.9. The Bertz CT molecular complexity index is 929. The van der Waals surface area contributed by atoms with Crippen molar-refractivity contribution in [2.45, 2.75) is 39.5 Å². The van der Waals surface area contributed by atoms with Crippen LogP contribution in [0.5, 0.6) is 0 Å². The van der Waals surface area contributed by atoms with E-state index in [1.165, 1.54) is 22.5 Å². The number of hydrogen-bond donors (Lipinski definition) is 2. The molecule has 0 atom stereocenters. The molecule has 3 aliphatic rings. The van der Waals surface area contributed by atoms with Crippen LogP contribution in [0.2, 0.25) is 0 Å². The highest BCUT2D eigenvalue weighted by Crippen LogP contribution is 2.35. The largest absolute Gasteiger partial charge is 0.386 e. The molecule has 2 heterocycles. The number of amidine groups is 2. The number of rotatable bonds is 6. The summed E-state index contributed by atoms with van der Waals surface area (Å²) in [5.41, 5.74) is 10.9. The Kier molecular flexibility index (Phi) is 5.85. The first kappa shape index (κ1) is 20.5. The highest BCUT2D eigenvalue weighted by Gasteiger charge is 2.30. The number of aliphatic imine (C=N–C) groups is 2. The monoisotopic (exact) mass is 411 g/mol. The zero-order chi connectivity index (χ0) is 21.3. The number of nitrogens with zero attached hydrogens (tertiary/aromatic N) is 5. The molecule has 1 saturated carbocycles. The topological polar surface area (TPSA) is 95.6 Å². The van der Waals surface area contributed by atoms with Crippen LogP contribution in [0.3, 0.4) is 0 Å². The summed E-state index contributed by atoms with van der Waals surface area (Å²) in [6, 6.07) is 5.20. The van der Waals surface area contributed by atoms with Crippen molar-refractivity contribution < 1.29 is 4.39 Å². The van der Waals surface area contributed by atoms with Gasteiger partial charge in [0.2, 0.25) is 0 Å². The van der Waals surface area contributed by atoms with Gasteiger partial charge in [0.15, 0.2) is 5.84 Å². The van der Waals surface area contributed by atoms with E-state index in [0.29, 0.717) is 36.2 Å². The predicted octanol–water partition coefficient (Wildman–Crippen LogP) is 2.56. The minimum absolute atomic E-state index is 0.212. The number of allylic oxidation sites excluding steroid dienone is 1. The summed E-state index contributed by atoms with van der Waals surface area (Å²) in [5.74, 6) is 7.33. The number of hydrazine groups is 1. The quantitative estimate of drug-likeness (QED) is 0.325. The Balaban J connectivity index is 1.37. The smallest absolute Gasteiger partial charge is 0.155 e. The fraction of sp³-hybridized carbons (Fsp3) is 0.500. The molecular weight excluding hydrogens is 381 g/mol. The van der Waals surface area contributed by atoms with Gasteiger partial charge in [-0.15, -0.1) is 5.10 Å². The Morgan fingerprint density at radius 3 is 2.67 bits per heavy atom. The molecule has 0 bridgehead atoms. The summed E-state index contributed by atoms with van der Waals surface area (Å²) >= 11 is 0. The summed E-state index contributed by atoms with van der Waals surface area (Å²) in [7, 11) is 0. The SMILES string of the molecule is C/C(N)=N/N(N)CC(=C1CC1)N1CCC(C2=NC(c3ccc(C)c(F)c3)=NC2)CC1. The molecule has 1 aromatic rings. The van der Waals surface area contributed by atoms with Crippen LogP contribution in [0.4, 0.5) is 4.39 Å². The van der Waals surface area contributed by atoms with Crippen molar-refractivity contribution >= 4 is 17.4 Å². The van der Waals surface area contributed by atoms with Gasteiger partial charge >= 0.3 is 0 Å². The minimum Gasteiger partial charge on any atom is -0.386 e. The molecule has 30 heavy (non-hydrogen) atoms. The molecular formula is C22H30FN7. The van der Waals surface area contributed by atoms with Gasteiger partial charge in [-0.25, -0.2) is 20.3 Å². The lowest BCUT2D eigenvalue weighted by Crippen LogP contribution is -2.40. The highest BCUT2D eigenvalue weighted by atomic mass is 19.1. The van der Waals surface area contributed by atoms with Gasteiger partial charge in [0.1, 0.15) is 11.7 Å². The van der Waals surface area contributed by atoms with Crippen molar-refractivity contribution in [3.8, 4) is 0 Å². The predicted molar refractivity (Wildman–Crippen MR) is 119 cm³/mol. The Hall–Kier alpha value is -2.74. The van der Waals surface area contributed by atoms with Crippen molar-refractivity contribution in [3.63, 3.8) is 0 Å². The molecule has 4 N–H and O–H groups in total. The van der Waals surface area contributed by atoms with Crippen LogP contribution in [0.25, 0.3) is 0 Å². The maximum Gasteiger partial charge on any atom is 0.155 e. The first-order chi connectivity index (χ1) is 14.4. The van der Waals surface area contributed by atoms with Gasteiger partial charge in [-0.2, -0.15) is 0 Å². The Morgan fingerprint density at radius 1 is 1.30 bits per heavy atom. The summed E-state index contributed by atoms with van der Waals surface area (Å²) in [4.78, 5) is 11.8. The summed E-state index contributed by atoms with van der Waals surface area (Å²) in [6.45, 7) is 6.63. The number of halogens is 1. The third-order valence-corrected chi connectivity index (χ3v) is 5.92. The Morgan fingerprint density at radius 2 is 2.03 bits per heavy atom. The Labute approximate surface area is 177 Å². The molecule has 2 fully saturated rings. The molecule has 0 radical (unpaired) electrons. The molecule has 1 aromatic carbocycles. The lowest BCUT2D eigenvalue weighted by atomic mass is 9.91. The number of benzene rings is 1. The first-order valence-electron chi connectivity index (χ1n) is 10.6. The molecule has 4 rings (SSSR count). The van der Waals surface area contributed by atoms with Crippen LogP contribution in [-0.2, 0) is 0 Å². The highest BCUT2D eigenvalue weighted by molar-refractivity contribution is 6.12. The third-order valence-electron chi connectivity index (χ3n) is 5.92. The van der Waals surface area contributed by atoms with Crippen molar-refractivity contribution in [1.82, 2.24) is 10.0 Å². The maximum atomic E-state index is 13.9. The summed E-state index contributed by atoms with van der Waals surface area (Å²) < 4.78 is 13.9. The molecule has 7 nitrogen and oxygen atoms in total. The third kappa shape index (κ3) is 4.70. The lowest BCUT2D eigenvalue weighted by Gasteiger charge is -2.36. The fourth-order valence-corrected chi connectivity index (χ4v) is 4.13. The average Bonchev–Trinajstić information content (AvgIpc) is 3.44. The molecule has 160 valence electrons. The van der Waals surface area contributed by atoms with E-state index in [0.717, 1.165) is 50.0 Å². The van der Waals surface area contributed by atoms with Crippen LogP contribution in [0.15, 0.2) is 44.6 Å². The van der Waals surface area contributed by atoms with Crippen LogP contribution >= 0.6 is 0 Å². The van der Waals surface area contributed by atoms with Crippen molar-refractivity contribution in [1.29, 1.82) is 0 Å². The number of aryl methyl sites for hydroxylation is 1. The van der Waals surface area contributed by atoms with Crippen molar-refractivity contribution in [2.24, 2.45) is 32.6 Å². The number of likely N-dealkylation sites (tertiary alicyclic amines) is 1. The molecule has 1 saturated heterocycles. The van der Waals surface area contributed by atoms with Gasteiger partial charge < -0.3 is 10.6 Å². The standard InChI is InChI=1S/C22H30FN7/c1-14-3-4-18(11-19(14)23)22-26-12-20(27-22)16-7-9-29(10-8-16)21(17-5-6-17)13-30(25)28-15(2)24/h3-4,11,16H,5-10,12-13,25H2,1-2H3,(H2,24,28). The number of nitrogens with two attached hydrogens (primary N) is 2. The number of hydrazone groups is 1. The van der Waals surface area contributed by atoms with Crippen molar-refractivity contribution in [3.05, 3.63) is 46.4 Å². The van der Waals surface area contributed by atoms with E-state index >= 15 is 0 Å². The fourth-order valence-electron chi connectivity index (χ4n) is 4.13. The molecule has 0 unspecified atom stereocenters. The molecule has 0 aromatic heterocycles. The van der Waals surface area contributed by atoms with E-state index in [1.807, 2.05) is 6.07 Å². The van der Waals surface area contributed by atoms with Crippen LogP contribution < -0.4 is 11.6 Å². The van der Waals surface area contributed by atoms with Gasteiger partial charge in [-0.05, 0) is 56.7 Å². The van der Waals surface area contributed by atoms with E-state index in [4.69, 9.17) is 16.6 Å². The van der Waals surface area contributed by atoms with Crippen LogP contribution in [-0.4, -0.2) is 53.6 Å². The van der Waals surface area contributed by atoms with Gasteiger partial charge in [-0.1, -0.05) is 12.1 Å². The molecule has 1 aliphatic carbocycles. The van der Waals surface area contributed by atoms with Gasteiger partial charge in [0.05, 0.1) is 13.1 Å². The average molecular weight is 412 g/mol. The molecule has 8 heteroatoms. The zero-order valence-corrected chi connectivity index (χ0v) is 17.7. The summed E-state index contributed by atoms with van der Waals surface area (Å²) in [5, 5.41) is 5.57. The molecule has 0 amide bonds. The second kappa shape index (κ2) is 8.55. The lowest BCUT2D eigenvalue weighted by molar-refractivity contribution is 0.220. The second-order valence-corrected chi connectivity index (χ2v) is 8.36. The van der Waals surface area contributed by atoms with E-state index in [-0.39, 0.29) is 5.82 Å². The van der Waals surface area contributed by atoms with Crippen molar-refractivity contribution in [2.75, 3.05) is 26.2 Å². The minimum atomic E-state index is -0.212. The van der Waals surface area contributed by atoms with E-state index in [2.05, 4.69) is 15.0 Å². The van der Waals surface area contributed by atoms with Crippen LogP contribution in [0.1, 0.15) is 43.7 Å². The molecule has 0 spiro atoms. The number of piperidine rings is 1. The van der Waals surface area contributed by atoms with E-state index in [1.54, 1.807) is 19.9 Å². The summed E-state index contributed by atoms with van der Waals surface area (Å²) in [6.07, 6.45) is 4.35.